The summed E-state index contributed by atoms with van der Waals surface area (Å²) in [5.41, 5.74) is 4.68. The maximum absolute atomic E-state index is 14.0. The van der Waals surface area contributed by atoms with Gasteiger partial charge in [-0.15, -0.1) is 0 Å². The number of alkyl carbamates (subject to hydrolysis) is 2. The van der Waals surface area contributed by atoms with E-state index in [0.29, 0.717) is 24.9 Å². The first kappa shape index (κ1) is 39.5. The maximum atomic E-state index is 14.0. The number of hydrogen-bond acceptors (Lipinski definition) is 8. The SMILES string of the molecule is COC(=O)N[C@H](C(=O)N1C[C@@H]2CC[C@@]1(c1ncc(-c3ccc4cc(-c5ccc6nc([C@@]78CC[C@@H](CN7C(=O)[C@@H](NC(=O)OC)C(C)C)C8)[nH]c6c5)ccc4c3)[nH]1)C2)C(C)C. The van der Waals surface area contributed by atoms with Crippen LogP contribution < -0.4 is 10.6 Å². The Morgan fingerprint density at radius 2 is 1.22 bits per heavy atom. The lowest BCUT2D eigenvalue weighted by Crippen LogP contribution is -2.56. The van der Waals surface area contributed by atoms with Crippen molar-refractivity contribution in [3.8, 4) is 22.4 Å². The lowest BCUT2D eigenvalue weighted by Gasteiger charge is -2.40. The smallest absolute Gasteiger partial charge is 0.407 e. The Bertz CT molecular complexity index is 2510. The number of amides is 4. The Morgan fingerprint density at radius 1 is 0.700 bits per heavy atom. The number of carbonyl (C=O) groups is 4. The summed E-state index contributed by atoms with van der Waals surface area (Å²) in [6.07, 6.45) is 6.02. The van der Waals surface area contributed by atoms with E-state index in [2.05, 4.69) is 69.1 Å². The Morgan fingerprint density at radius 3 is 1.77 bits per heavy atom. The number of nitrogens with one attached hydrogen (secondary N) is 4. The first-order valence-corrected chi connectivity index (χ1v) is 21.2. The van der Waals surface area contributed by atoms with Crippen molar-refractivity contribution in [1.29, 1.82) is 0 Å². The minimum absolute atomic E-state index is 0.101. The monoisotopic (exact) mass is 814 g/mol. The number of ether oxygens (including phenoxy) is 2. The standard InChI is InChI=1S/C46H54N8O6/c1-25(2)37(51-43(57)59-5)39(55)53-23-27-13-15-45(53,20-27)41-47-22-36(50-41)33-10-9-29-17-30(7-8-31(29)18-33)32-11-12-34-35(19-32)49-42(48-34)46-16-14-28(21-46)24-54(46)40(56)38(26(3)4)52-44(58)60-6/h7-12,17-19,22,25-28,37-38H,13-16,20-21,23-24H2,1-6H3,(H,47,50)(H,48,49)(H,51,57)(H,52,58)/t27-,28-,37+,38+,45+,46+/m1/s1. The molecule has 0 spiro atoms. The topological polar surface area (TPSA) is 175 Å². The van der Waals surface area contributed by atoms with Crippen molar-refractivity contribution < 1.29 is 28.7 Å². The van der Waals surface area contributed by atoms with Crippen LogP contribution in [-0.2, 0) is 30.1 Å². The quantitative estimate of drug-likeness (QED) is 0.114. The van der Waals surface area contributed by atoms with Crippen molar-refractivity contribution >= 4 is 45.8 Å². The van der Waals surface area contributed by atoms with Crippen molar-refractivity contribution in [2.45, 2.75) is 89.4 Å². The summed E-state index contributed by atoms with van der Waals surface area (Å²) in [5.74, 6) is 1.95. The normalized spacial score (nSPS) is 24.1. The molecule has 5 aromatic rings. The molecule has 3 aromatic carbocycles. The van der Waals surface area contributed by atoms with Crippen LogP contribution in [0.25, 0.3) is 44.2 Å². The number of carbonyl (C=O) groups excluding carboxylic acids is 4. The summed E-state index contributed by atoms with van der Waals surface area (Å²) < 4.78 is 9.67. The average Bonchev–Trinajstić information content (AvgIpc) is 4.12. The van der Waals surface area contributed by atoms with Gasteiger partial charge in [0.25, 0.3) is 0 Å². The molecule has 0 radical (unpaired) electrons. The number of benzene rings is 3. The molecule has 60 heavy (non-hydrogen) atoms. The van der Waals surface area contributed by atoms with Gasteiger partial charge in [-0.2, -0.15) is 0 Å². The number of fused-ring (bicyclic) bond motifs is 6. The summed E-state index contributed by atoms with van der Waals surface area (Å²) in [7, 11) is 2.62. The summed E-state index contributed by atoms with van der Waals surface area (Å²) in [6, 6.07) is 17.7. The van der Waals surface area contributed by atoms with Gasteiger partial charge >= 0.3 is 12.2 Å². The van der Waals surface area contributed by atoms with Gasteiger partial charge < -0.3 is 39.9 Å². The highest BCUT2D eigenvalue weighted by molar-refractivity contribution is 5.92. The van der Waals surface area contributed by atoms with Gasteiger partial charge in [-0.25, -0.2) is 19.6 Å². The molecule has 2 aliphatic heterocycles. The number of rotatable bonds is 10. The van der Waals surface area contributed by atoms with Crippen LogP contribution in [0.4, 0.5) is 9.59 Å². The van der Waals surface area contributed by atoms with Crippen LogP contribution in [0.3, 0.4) is 0 Å². The zero-order valence-corrected chi connectivity index (χ0v) is 35.1. The minimum atomic E-state index is -0.692. The molecule has 2 aromatic heterocycles. The molecule has 4 N–H and O–H groups in total. The van der Waals surface area contributed by atoms with Gasteiger partial charge in [0.2, 0.25) is 11.8 Å². The lowest BCUT2D eigenvalue weighted by molar-refractivity contribution is -0.141. The first-order chi connectivity index (χ1) is 28.8. The van der Waals surface area contributed by atoms with E-state index in [-0.39, 0.29) is 23.7 Å². The number of hydrogen-bond donors (Lipinski definition) is 4. The molecular formula is C46H54N8O6. The second-order valence-corrected chi connectivity index (χ2v) is 18.1. The van der Waals surface area contributed by atoms with Gasteiger partial charge in [-0.3, -0.25) is 9.59 Å². The number of likely N-dealkylation sites (tertiary alicyclic amines) is 2. The molecule has 0 unspecified atom stereocenters. The van der Waals surface area contributed by atoms with Crippen LogP contribution in [0.15, 0.2) is 60.8 Å². The fraction of sp³-hybridized carbons (Fsp3) is 0.478. The number of imidazole rings is 2. The van der Waals surface area contributed by atoms with Gasteiger partial charge in [-0.05, 0) is 108 Å². The second kappa shape index (κ2) is 15.0. The Hall–Kier alpha value is -5.92. The van der Waals surface area contributed by atoms with Crippen molar-refractivity contribution in [1.82, 2.24) is 40.4 Å². The van der Waals surface area contributed by atoms with Gasteiger partial charge in [-0.1, -0.05) is 58.0 Å². The van der Waals surface area contributed by atoms with E-state index < -0.39 is 35.3 Å². The number of aromatic amines is 2. The molecule has 2 aliphatic carbocycles. The number of piperidine rings is 2. The first-order valence-electron chi connectivity index (χ1n) is 21.2. The molecule has 6 atom stereocenters. The van der Waals surface area contributed by atoms with Crippen molar-refractivity contribution in [2.24, 2.45) is 23.7 Å². The molecule has 4 fully saturated rings. The van der Waals surface area contributed by atoms with E-state index in [1.165, 1.54) is 14.2 Å². The summed E-state index contributed by atoms with van der Waals surface area (Å²) in [5, 5.41) is 7.71. The van der Waals surface area contributed by atoms with E-state index in [1.54, 1.807) is 0 Å². The van der Waals surface area contributed by atoms with Gasteiger partial charge in [0.15, 0.2) is 0 Å². The molecule has 314 valence electrons. The van der Waals surface area contributed by atoms with Gasteiger partial charge in [0, 0.05) is 18.7 Å². The highest BCUT2D eigenvalue weighted by atomic mass is 16.5. The van der Waals surface area contributed by atoms with Crippen LogP contribution in [0.1, 0.15) is 77.9 Å². The Kier molecular flexibility index (Phi) is 9.86. The fourth-order valence-electron chi connectivity index (χ4n) is 10.6. The second-order valence-electron chi connectivity index (χ2n) is 18.1. The molecule has 14 nitrogen and oxygen atoms in total. The van der Waals surface area contributed by atoms with E-state index in [0.717, 1.165) is 94.4 Å². The molecule has 2 saturated carbocycles. The highest BCUT2D eigenvalue weighted by Gasteiger charge is 2.58. The minimum Gasteiger partial charge on any atom is -0.453 e. The molecule has 14 heteroatoms. The third-order valence-electron chi connectivity index (χ3n) is 13.8. The van der Waals surface area contributed by atoms with E-state index >= 15 is 0 Å². The molecule has 4 heterocycles. The number of methoxy groups -OCH3 is 2. The van der Waals surface area contributed by atoms with Crippen LogP contribution in [-0.4, -0.2) is 93.1 Å². The van der Waals surface area contributed by atoms with Gasteiger partial charge in [0.1, 0.15) is 34.8 Å². The molecule has 4 aliphatic rings. The summed E-state index contributed by atoms with van der Waals surface area (Å²) >= 11 is 0. The Labute approximate surface area is 349 Å². The van der Waals surface area contributed by atoms with Crippen molar-refractivity contribution in [3.63, 3.8) is 0 Å². The molecule has 4 bridgehead atoms. The predicted molar refractivity (Wildman–Crippen MR) is 226 cm³/mol. The summed E-state index contributed by atoms with van der Waals surface area (Å²) in [4.78, 5) is 73.4. The third-order valence-corrected chi connectivity index (χ3v) is 13.8. The van der Waals surface area contributed by atoms with E-state index in [1.807, 2.05) is 49.8 Å². The zero-order chi connectivity index (χ0) is 42.1. The number of aromatic nitrogens is 4. The number of H-pyrrole nitrogens is 2. The van der Waals surface area contributed by atoms with Crippen LogP contribution >= 0.6 is 0 Å². The van der Waals surface area contributed by atoms with Crippen LogP contribution in [0.5, 0.6) is 0 Å². The predicted octanol–water partition coefficient (Wildman–Crippen LogP) is 7.21. The lowest BCUT2D eigenvalue weighted by atomic mass is 9.93. The third kappa shape index (κ3) is 6.55. The van der Waals surface area contributed by atoms with Crippen molar-refractivity contribution in [2.75, 3.05) is 27.3 Å². The number of nitrogens with zero attached hydrogens (tertiary/aromatic N) is 4. The fourth-order valence-corrected chi connectivity index (χ4v) is 10.6. The zero-order valence-electron chi connectivity index (χ0n) is 35.1. The molecular weight excluding hydrogens is 761 g/mol. The highest BCUT2D eigenvalue weighted by Crippen LogP contribution is 2.54. The largest absolute Gasteiger partial charge is 0.453 e. The van der Waals surface area contributed by atoms with E-state index in [9.17, 15) is 19.2 Å². The van der Waals surface area contributed by atoms with Crippen LogP contribution in [0.2, 0.25) is 0 Å². The molecule has 9 rings (SSSR count). The summed E-state index contributed by atoms with van der Waals surface area (Å²) in [6.45, 7) is 9.01. The maximum Gasteiger partial charge on any atom is 0.407 e. The Balaban J connectivity index is 0.952. The molecule has 4 amide bonds. The van der Waals surface area contributed by atoms with Crippen molar-refractivity contribution in [3.05, 3.63) is 72.4 Å². The van der Waals surface area contributed by atoms with E-state index in [4.69, 9.17) is 19.4 Å². The average molecular weight is 815 g/mol. The van der Waals surface area contributed by atoms with Crippen LogP contribution in [0, 0.1) is 23.7 Å². The molecule has 2 saturated heterocycles. The van der Waals surface area contributed by atoms with Gasteiger partial charge in [0.05, 0.1) is 37.1 Å².